The molecule has 0 radical (unpaired) electrons. The van der Waals surface area contributed by atoms with Crippen molar-refractivity contribution in [2.24, 2.45) is 7.05 Å². The molecule has 1 saturated heterocycles. The number of hydrogen-bond donors (Lipinski definition) is 0. The molecule has 0 aromatic carbocycles. The third-order valence-electron chi connectivity index (χ3n) is 4.40. The van der Waals surface area contributed by atoms with E-state index in [0.717, 1.165) is 13.0 Å². The van der Waals surface area contributed by atoms with Crippen LogP contribution in [0.4, 0.5) is 0 Å². The topological polar surface area (TPSA) is 34.0 Å². The summed E-state index contributed by atoms with van der Waals surface area (Å²) in [6, 6.07) is 0.678. The summed E-state index contributed by atoms with van der Waals surface area (Å²) in [5.41, 5.74) is 1.24. The summed E-state index contributed by atoms with van der Waals surface area (Å²) in [6.07, 6.45) is 10.2. The van der Waals surface area contributed by atoms with Crippen LogP contribution in [0.3, 0.4) is 0 Å². The van der Waals surface area contributed by atoms with Crippen LogP contribution >= 0.6 is 11.3 Å². The molecule has 1 aliphatic rings. The van der Waals surface area contributed by atoms with Crippen LogP contribution in [-0.2, 0) is 20.0 Å². The molecule has 1 atom stereocenters. The van der Waals surface area contributed by atoms with E-state index in [9.17, 15) is 0 Å². The summed E-state index contributed by atoms with van der Waals surface area (Å²) in [5, 5.41) is 3.38. The van der Waals surface area contributed by atoms with Gasteiger partial charge in [0.1, 0.15) is 5.82 Å². The van der Waals surface area contributed by atoms with E-state index < -0.39 is 0 Å². The summed E-state index contributed by atoms with van der Waals surface area (Å²) >= 11 is 1.76. The average Bonchev–Trinajstić information content (AvgIpc) is 3.07. The predicted molar refractivity (Wildman–Crippen MR) is 86.4 cm³/mol. The van der Waals surface area contributed by atoms with Crippen molar-refractivity contribution in [2.45, 2.75) is 51.6 Å². The minimum Gasteiger partial charge on any atom is -0.338 e. The molecule has 1 unspecified atom stereocenters. The highest BCUT2D eigenvalue weighted by Gasteiger charge is 2.23. The van der Waals surface area contributed by atoms with E-state index in [0.29, 0.717) is 6.04 Å². The number of piperidine rings is 1. The second kappa shape index (κ2) is 6.71. The smallest absolute Gasteiger partial charge is 0.108 e. The van der Waals surface area contributed by atoms with Crippen LogP contribution in [-0.4, -0.2) is 32.0 Å². The number of likely N-dealkylation sites (tertiary alicyclic amines) is 1. The molecule has 0 aliphatic carbocycles. The lowest BCUT2D eigenvalue weighted by Gasteiger charge is -2.35. The van der Waals surface area contributed by atoms with Gasteiger partial charge in [-0.2, -0.15) is 0 Å². The van der Waals surface area contributed by atoms with Crippen molar-refractivity contribution in [1.29, 1.82) is 0 Å². The maximum absolute atomic E-state index is 4.62. The quantitative estimate of drug-likeness (QED) is 0.851. The first-order chi connectivity index (χ1) is 10.2. The van der Waals surface area contributed by atoms with Crippen LogP contribution in [0.15, 0.2) is 17.8 Å². The zero-order valence-corrected chi connectivity index (χ0v) is 13.8. The second-order valence-electron chi connectivity index (χ2n) is 5.97. The summed E-state index contributed by atoms with van der Waals surface area (Å²) in [7, 11) is 2.08. The second-order valence-corrected chi connectivity index (χ2v) is 7.03. The average molecular weight is 304 g/mol. The molecule has 114 valence electrons. The lowest BCUT2D eigenvalue weighted by molar-refractivity contribution is 0.130. The van der Waals surface area contributed by atoms with E-state index >= 15 is 0 Å². The predicted octanol–water partition coefficient (Wildman–Crippen LogP) is 3.17. The summed E-state index contributed by atoms with van der Waals surface area (Å²) < 4.78 is 2.14. The number of imidazole rings is 1. The minimum absolute atomic E-state index is 0.678. The molecule has 5 heteroatoms. The Morgan fingerprint density at radius 3 is 3.00 bits per heavy atom. The first-order valence-electron chi connectivity index (χ1n) is 7.83. The Bertz CT molecular complexity index is 574. The lowest BCUT2D eigenvalue weighted by Crippen LogP contribution is -2.39. The number of aryl methyl sites for hydroxylation is 3. The Morgan fingerprint density at radius 2 is 2.29 bits per heavy atom. The molecule has 1 aliphatic heterocycles. The third-order valence-corrected chi connectivity index (χ3v) is 5.23. The molecular formula is C16H24N4S. The Hall–Kier alpha value is -1.20. The van der Waals surface area contributed by atoms with E-state index in [4.69, 9.17) is 0 Å². The van der Waals surface area contributed by atoms with Crippen molar-refractivity contribution in [3.8, 4) is 0 Å². The van der Waals surface area contributed by atoms with E-state index in [2.05, 4.69) is 38.8 Å². The molecule has 1 fully saturated rings. The van der Waals surface area contributed by atoms with Gasteiger partial charge in [0.25, 0.3) is 0 Å². The van der Waals surface area contributed by atoms with Crippen molar-refractivity contribution in [3.63, 3.8) is 0 Å². The molecular weight excluding hydrogens is 280 g/mol. The van der Waals surface area contributed by atoms with Crippen LogP contribution in [0.1, 0.15) is 42.2 Å². The highest BCUT2D eigenvalue weighted by atomic mass is 32.1. The highest BCUT2D eigenvalue weighted by Crippen LogP contribution is 2.23. The third kappa shape index (κ3) is 3.71. The van der Waals surface area contributed by atoms with Gasteiger partial charge < -0.3 is 4.57 Å². The van der Waals surface area contributed by atoms with Crippen LogP contribution in [0.5, 0.6) is 0 Å². The van der Waals surface area contributed by atoms with Crippen LogP contribution in [0.2, 0.25) is 0 Å². The van der Waals surface area contributed by atoms with Gasteiger partial charge in [0.05, 0.1) is 10.7 Å². The monoisotopic (exact) mass is 304 g/mol. The molecule has 0 bridgehead atoms. The van der Waals surface area contributed by atoms with E-state index in [1.54, 1.807) is 11.3 Å². The first kappa shape index (κ1) is 14.7. The number of nitrogens with zero attached hydrogens (tertiary/aromatic N) is 4. The van der Waals surface area contributed by atoms with Gasteiger partial charge in [0.2, 0.25) is 0 Å². The zero-order valence-electron chi connectivity index (χ0n) is 13.0. The lowest BCUT2D eigenvalue weighted by atomic mass is 9.97. The Labute approximate surface area is 130 Å². The van der Waals surface area contributed by atoms with Crippen molar-refractivity contribution >= 4 is 11.3 Å². The minimum atomic E-state index is 0.678. The summed E-state index contributed by atoms with van der Waals surface area (Å²) in [4.78, 5) is 11.7. The number of rotatable bonds is 5. The van der Waals surface area contributed by atoms with Crippen molar-refractivity contribution < 1.29 is 0 Å². The maximum atomic E-state index is 4.62. The summed E-state index contributed by atoms with van der Waals surface area (Å²) in [5.74, 6) is 1.20. The molecule has 3 rings (SSSR count). The zero-order chi connectivity index (χ0) is 14.7. The van der Waals surface area contributed by atoms with E-state index in [1.165, 1.54) is 48.8 Å². The molecule has 0 spiro atoms. The molecule has 3 heterocycles. The van der Waals surface area contributed by atoms with Gasteiger partial charge in [0.15, 0.2) is 0 Å². The van der Waals surface area contributed by atoms with Crippen molar-refractivity contribution in [2.75, 3.05) is 6.54 Å². The molecule has 4 nitrogen and oxygen atoms in total. The fourth-order valence-electron chi connectivity index (χ4n) is 3.22. The highest BCUT2D eigenvalue weighted by molar-refractivity contribution is 7.09. The van der Waals surface area contributed by atoms with Gasteiger partial charge in [-0.25, -0.2) is 9.97 Å². The van der Waals surface area contributed by atoms with Gasteiger partial charge in [0, 0.05) is 43.8 Å². The molecule has 2 aromatic rings. The Balaban J connectivity index is 1.60. The molecule has 2 aromatic heterocycles. The fraction of sp³-hybridized carbons (Fsp3) is 0.625. The van der Waals surface area contributed by atoms with Gasteiger partial charge in [-0.05, 0) is 32.7 Å². The van der Waals surface area contributed by atoms with Crippen LogP contribution in [0.25, 0.3) is 0 Å². The van der Waals surface area contributed by atoms with Crippen LogP contribution in [0, 0.1) is 6.92 Å². The fourth-order valence-corrected chi connectivity index (χ4v) is 3.82. The Morgan fingerprint density at radius 1 is 1.38 bits per heavy atom. The normalized spacial score (nSPS) is 20.0. The number of hydrogen-bond acceptors (Lipinski definition) is 4. The maximum Gasteiger partial charge on any atom is 0.108 e. The SMILES string of the molecule is Cc1nc(CN2CCCCC2CCc2nccn2C)cs1. The van der Waals surface area contributed by atoms with Gasteiger partial charge in [-0.1, -0.05) is 6.42 Å². The standard InChI is InChI=1S/C16H24N4S/c1-13-18-14(12-21-13)11-20-9-4-3-5-15(20)6-7-16-17-8-10-19(16)2/h8,10,12,15H,3-7,9,11H2,1-2H3. The number of aromatic nitrogens is 3. The van der Waals surface area contributed by atoms with Gasteiger partial charge >= 0.3 is 0 Å². The van der Waals surface area contributed by atoms with Gasteiger partial charge in [-0.3, -0.25) is 4.90 Å². The number of thiazole rings is 1. The molecule has 0 amide bonds. The van der Waals surface area contributed by atoms with Crippen molar-refractivity contribution in [3.05, 3.63) is 34.3 Å². The molecule has 0 N–H and O–H groups in total. The molecule has 0 saturated carbocycles. The largest absolute Gasteiger partial charge is 0.338 e. The summed E-state index contributed by atoms with van der Waals surface area (Å²) in [6.45, 7) is 4.31. The van der Waals surface area contributed by atoms with E-state index in [1.807, 2.05) is 12.4 Å². The first-order valence-corrected chi connectivity index (χ1v) is 8.71. The van der Waals surface area contributed by atoms with E-state index in [-0.39, 0.29) is 0 Å². The van der Waals surface area contributed by atoms with Gasteiger partial charge in [-0.15, -0.1) is 11.3 Å². The molecule has 21 heavy (non-hydrogen) atoms. The van der Waals surface area contributed by atoms with Crippen LogP contribution < -0.4 is 0 Å². The Kier molecular flexibility index (Phi) is 4.70. The van der Waals surface area contributed by atoms with Crippen molar-refractivity contribution in [1.82, 2.24) is 19.4 Å².